The average molecular weight is 317 g/mol. The number of rotatable bonds is 4. The molecule has 1 aliphatic heterocycles. The van der Waals surface area contributed by atoms with E-state index in [1.165, 1.54) is 11.1 Å². The molecule has 23 heavy (non-hydrogen) atoms. The molecule has 2 rings (SSSR count). The fourth-order valence-corrected chi connectivity index (χ4v) is 2.60. The van der Waals surface area contributed by atoms with Gasteiger partial charge in [-0.05, 0) is 37.1 Å². The summed E-state index contributed by atoms with van der Waals surface area (Å²) in [6.45, 7) is 10.7. The standard InChI is InChI=1S/C17H27N5O/c1-13-4-5-16(12-14(13)2)20-17(18)19-6-7-21-8-10-22(11-9-21)15(3)23/h4-5,12H,6-11H2,1-3H3,(H3,18,19,20). The van der Waals surface area contributed by atoms with Crippen molar-refractivity contribution in [2.24, 2.45) is 10.7 Å². The number of nitrogens with one attached hydrogen (secondary N) is 1. The van der Waals surface area contributed by atoms with E-state index in [2.05, 4.69) is 41.2 Å². The van der Waals surface area contributed by atoms with Gasteiger partial charge in [-0.1, -0.05) is 6.07 Å². The monoisotopic (exact) mass is 317 g/mol. The van der Waals surface area contributed by atoms with Crippen molar-refractivity contribution in [3.63, 3.8) is 0 Å². The van der Waals surface area contributed by atoms with Crippen molar-refractivity contribution in [2.45, 2.75) is 20.8 Å². The molecule has 1 amide bonds. The highest BCUT2D eigenvalue weighted by Gasteiger charge is 2.17. The number of aryl methyl sites for hydroxylation is 2. The van der Waals surface area contributed by atoms with Gasteiger partial charge in [0.05, 0.1) is 6.54 Å². The quantitative estimate of drug-likeness (QED) is 0.646. The zero-order valence-corrected chi connectivity index (χ0v) is 14.3. The van der Waals surface area contributed by atoms with Crippen LogP contribution in [0.4, 0.5) is 5.69 Å². The predicted octanol–water partition coefficient (Wildman–Crippen LogP) is 1.19. The number of carbonyl (C=O) groups is 1. The highest BCUT2D eigenvalue weighted by molar-refractivity contribution is 5.92. The number of carbonyl (C=O) groups excluding carboxylic acids is 1. The molecule has 0 saturated carbocycles. The summed E-state index contributed by atoms with van der Waals surface area (Å²) in [5, 5.41) is 3.13. The highest BCUT2D eigenvalue weighted by atomic mass is 16.2. The van der Waals surface area contributed by atoms with Crippen LogP contribution in [0.1, 0.15) is 18.1 Å². The minimum atomic E-state index is 0.157. The van der Waals surface area contributed by atoms with Crippen LogP contribution in [0.5, 0.6) is 0 Å². The van der Waals surface area contributed by atoms with Crippen molar-refractivity contribution in [1.29, 1.82) is 0 Å². The molecule has 1 fully saturated rings. The number of benzene rings is 1. The first-order valence-electron chi connectivity index (χ1n) is 8.08. The Balaban J connectivity index is 1.75. The first kappa shape index (κ1) is 17.3. The summed E-state index contributed by atoms with van der Waals surface area (Å²) >= 11 is 0. The van der Waals surface area contributed by atoms with Crippen LogP contribution < -0.4 is 11.1 Å². The lowest BCUT2D eigenvalue weighted by molar-refractivity contribution is -0.130. The molecule has 0 aromatic heterocycles. The second-order valence-electron chi connectivity index (χ2n) is 6.04. The molecule has 3 N–H and O–H groups in total. The van der Waals surface area contributed by atoms with Gasteiger partial charge in [0, 0.05) is 45.3 Å². The number of nitrogens with zero attached hydrogens (tertiary/aromatic N) is 3. The third kappa shape index (κ3) is 5.25. The Morgan fingerprint density at radius 2 is 1.91 bits per heavy atom. The van der Waals surface area contributed by atoms with Crippen molar-refractivity contribution in [3.05, 3.63) is 29.3 Å². The molecule has 0 bridgehead atoms. The van der Waals surface area contributed by atoms with E-state index < -0.39 is 0 Å². The summed E-state index contributed by atoms with van der Waals surface area (Å²) in [5.41, 5.74) is 9.39. The number of hydrogen-bond acceptors (Lipinski definition) is 3. The van der Waals surface area contributed by atoms with E-state index in [-0.39, 0.29) is 5.91 Å². The molecule has 6 heteroatoms. The van der Waals surface area contributed by atoms with Gasteiger partial charge in [0.25, 0.3) is 0 Å². The number of nitrogens with two attached hydrogens (primary N) is 1. The molecule has 126 valence electrons. The van der Waals surface area contributed by atoms with Crippen LogP contribution in [0, 0.1) is 13.8 Å². The molecule has 0 spiro atoms. The van der Waals surface area contributed by atoms with Crippen molar-refractivity contribution in [2.75, 3.05) is 44.6 Å². The van der Waals surface area contributed by atoms with Crippen molar-refractivity contribution in [3.8, 4) is 0 Å². The zero-order valence-electron chi connectivity index (χ0n) is 14.3. The van der Waals surface area contributed by atoms with Crippen LogP contribution in [0.25, 0.3) is 0 Å². The van der Waals surface area contributed by atoms with Gasteiger partial charge in [0.2, 0.25) is 5.91 Å². The van der Waals surface area contributed by atoms with E-state index in [9.17, 15) is 4.79 Å². The minimum absolute atomic E-state index is 0.157. The summed E-state index contributed by atoms with van der Waals surface area (Å²) < 4.78 is 0. The van der Waals surface area contributed by atoms with Gasteiger partial charge in [-0.3, -0.25) is 14.7 Å². The topological polar surface area (TPSA) is 74.0 Å². The lowest BCUT2D eigenvalue weighted by atomic mass is 10.1. The predicted molar refractivity (Wildman–Crippen MR) is 94.7 cm³/mol. The Morgan fingerprint density at radius 3 is 2.52 bits per heavy atom. The fourth-order valence-electron chi connectivity index (χ4n) is 2.60. The van der Waals surface area contributed by atoms with Gasteiger partial charge in [0.1, 0.15) is 0 Å². The van der Waals surface area contributed by atoms with Gasteiger partial charge in [0.15, 0.2) is 5.96 Å². The van der Waals surface area contributed by atoms with Crippen molar-refractivity contribution in [1.82, 2.24) is 9.80 Å². The third-order valence-corrected chi connectivity index (χ3v) is 4.30. The number of guanidine groups is 1. The van der Waals surface area contributed by atoms with E-state index in [0.29, 0.717) is 12.5 Å². The Bertz CT molecular complexity index is 576. The van der Waals surface area contributed by atoms with Crippen LogP contribution in [-0.4, -0.2) is 60.9 Å². The summed E-state index contributed by atoms with van der Waals surface area (Å²) in [4.78, 5) is 19.9. The van der Waals surface area contributed by atoms with E-state index in [4.69, 9.17) is 5.73 Å². The smallest absolute Gasteiger partial charge is 0.219 e. The number of hydrogen-bond donors (Lipinski definition) is 2. The SMILES string of the molecule is CC(=O)N1CCN(CCN=C(N)Nc2ccc(C)c(C)c2)CC1. The van der Waals surface area contributed by atoms with Crippen LogP contribution in [0.15, 0.2) is 23.2 Å². The van der Waals surface area contributed by atoms with Gasteiger partial charge in [-0.15, -0.1) is 0 Å². The average Bonchev–Trinajstić information content (AvgIpc) is 2.51. The van der Waals surface area contributed by atoms with Crippen molar-refractivity contribution < 1.29 is 4.79 Å². The highest BCUT2D eigenvalue weighted by Crippen LogP contribution is 2.13. The molecule has 6 nitrogen and oxygen atoms in total. The maximum absolute atomic E-state index is 11.3. The maximum atomic E-state index is 11.3. The second-order valence-corrected chi connectivity index (χ2v) is 6.04. The van der Waals surface area contributed by atoms with E-state index in [1.807, 2.05) is 11.0 Å². The molecular formula is C17H27N5O. The molecule has 0 atom stereocenters. The van der Waals surface area contributed by atoms with Crippen LogP contribution in [-0.2, 0) is 4.79 Å². The lowest BCUT2D eigenvalue weighted by Gasteiger charge is -2.33. The molecule has 0 unspecified atom stereocenters. The van der Waals surface area contributed by atoms with E-state index in [0.717, 1.165) is 38.4 Å². The van der Waals surface area contributed by atoms with E-state index in [1.54, 1.807) is 6.92 Å². The van der Waals surface area contributed by atoms with E-state index >= 15 is 0 Å². The first-order valence-corrected chi connectivity index (χ1v) is 8.08. The Morgan fingerprint density at radius 1 is 1.22 bits per heavy atom. The number of piperazine rings is 1. The summed E-state index contributed by atoms with van der Waals surface area (Å²) in [5.74, 6) is 0.597. The maximum Gasteiger partial charge on any atom is 0.219 e. The minimum Gasteiger partial charge on any atom is -0.370 e. The molecule has 0 radical (unpaired) electrons. The van der Waals surface area contributed by atoms with Crippen molar-refractivity contribution >= 4 is 17.6 Å². The van der Waals surface area contributed by atoms with Gasteiger partial charge in [-0.2, -0.15) is 0 Å². The van der Waals surface area contributed by atoms with Gasteiger partial charge < -0.3 is 16.0 Å². The van der Waals surface area contributed by atoms with Crippen LogP contribution >= 0.6 is 0 Å². The summed E-state index contributed by atoms with van der Waals surface area (Å²) in [7, 11) is 0. The molecule has 1 aliphatic rings. The van der Waals surface area contributed by atoms with Gasteiger partial charge >= 0.3 is 0 Å². The summed E-state index contributed by atoms with van der Waals surface area (Å²) in [6, 6.07) is 6.14. The lowest BCUT2D eigenvalue weighted by Crippen LogP contribution is -2.48. The Labute approximate surface area is 138 Å². The van der Waals surface area contributed by atoms with Crippen LogP contribution in [0.2, 0.25) is 0 Å². The number of anilines is 1. The molecule has 1 aromatic carbocycles. The largest absolute Gasteiger partial charge is 0.370 e. The zero-order chi connectivity index (χ0) is 16.8. The normalized spacial score (nSPS) is 16.5. The van der Waals surface area contributed by atoms with Gasteiger partial charge in [-0.25, -0.2) is 0 Å². The molecular weight excluding hydrogens is 290 g/mol. The molecule has 0 aliphatic carbocycles. The fraction of sp³-hybridized carbons (Fsp3) is 0.529. The Kier molecular flexibility index (Phi) is 5.98. The number of aliphatic imine (C=N–C) groups is 1. The Hall–Kier alpha value is -2.08. The molecule has 1 aromatic rings. The second kappa shape index (κ2) is 7.97. The molecule has 1 heterocycles. The first-order chi connectivity index (χ1) is 11.0. The number of amides is 1. The van der Waals surface area contributed by atoms with Crippen LogP contribution in [0.3, 0.4) is 0 Å². The molecule has 1 saturated heterocycles. The summed E-state index contributed by atoms with van der Waals surface area (Å²) in [6.07, 6.45) is 0. The third-order valence-electron chi connectivity index (χ3n) is 4.30.